The highest BCUT2D eigenvalue weighted by atomic mass is 19.3. The lowest BCUT2D eigenvalue weighted by atomic mass is 9.67. The van der Waals surface area contributed by atoms with Crippen LogP contribution in [0, 0.1) is 0 Å². The van der Waals surface area contributed by atoms with Crippen molar-refractivity contribution in [1.82, 2.24) is 14.9 Å². The molecule has 1 atom stereocenters. The van der Waals surface area contributed by atoms with Gasteiger partial charge < -0.3 is 25.0 Å². The van der Waals surface area contributed by atoms with Crippen molar-refractivity contribution in [2.24, 2.45) is 0 Å². The fraction of sp³-hybridized carbons (Fsp3) is 0.400. The van der Waals surface area contributed by atoms with Gasteiger partial charge in [0.25, 0.3) is 5.91 Å². The number of aromatic nitrogens is 2. The number of ether oxygens (including phenoxy) is 1. The highest BCUT2D eigenvalue weighted by molar-refractivity contribution is 5.99. The van der Waals surface area contributed by atoms with E-state index in [-0.39, 0.29) is 18.7 Å². The third kappa shape index (κ3) is 4.84. The second-order valence-corrected chi connectivity index (χ2v) is 8.64. The predicted octanol–water partition coefficient (Wildman–Crippen LogP) is 3.48. The van der Waals surface area contributed by atoms with E-state index in [2.05, 4.69) is 15.3 Å². The van der Waals surface area contributed by atoms with E-state index in [1.807, 2.05) is 0 Å². The summed E-state index contributed by atoms with van der Waals surface area (Å²) in [4.78, 5) is 34.9. The zero-order chi connectivity index (χ0) is 27.7. The van der Waals surface area contributed by atoms with Crippen LogP contribution < -0.4 is 10.1 Å². The first-order valence-electron chi connectivity index (χ1n) is 12.6. The fourth-order valence-electron chi connectivity index (χ4n) is 4.45. The minimum atomic E-state index is -3.17. The normalized spacial score (nSPS) is 19.1. The van der Waals surface area contributed by atoms with E-state index >= 15 is 0 Å². The first kappa shape index (κ1) is 20.8. The van der Waals surface area contributed by atoms with E-state index in [9.17, 15) is 23.5 Å². The van der Waals surface area contributed by atoms with Gasteiger partial charge in [-0.3, -0.25) is 9.59 Å². The second-order valence-electron chi connectivity index (χ2n) is 8.64. The van der Waals surface area contributed by atoms with Crippen LogP contribution in [0.3, 0.4) is 0 Å². The van der Waals surface area contributed by atoms with Gasteiger partial charge in [0.2, 0.25) is 11.8 Å². The molecule has 0 aliphatic heterocycles. The van der Waals surface area contributed by atoms with Gasteiger partial charge in [-0.25, -0.2) is 13.8 Å². The van der Waals surface area contributed by atoms with Gasteiger partial charge in [-0.15, -0.1) is 0 Å². The van der Waals surface area contributed by atoms with E-state index in [1.165, 1.54) is 25.3 Å². The average molecular weight is 490 g/mol. The minimum Gasteiger partial charge on any atom is -0.497 e. The van der Waals surface area contributed by atoms with E-state index in [0.29, 0.717) is 27.2 Å². The number of amides is 2. The number of rotatable bonds is 7. The Morgan fingerprint density at radius 2 is 1.91 bits per heavy atom. The number of pyridine rings is 1. The number of aromatic amines is 1. The first-order valence-corrected chi connectivity index (χ1v) is 11.1. The first-order chi connectivity index (χ1) is 17.9. The van der Waals surface area contributed by atoms with Crippen LogP contribution in [0.5, 0.6) is 5.75 Å². The Bertz CT molecular complexity index is 1300. The number of halogens is 2. The van der Waals surface area contributed by atoms with Gasteiger partial charge in [-0.2, -0.15) is 0 Å². The summed E-state index contributed by atoms with van der Waals surface area (Å²) < 4.78 is 57.8. The van der Waals surface area contributed by atoms with Crippen LogP contribution >= 0.6 is 0 Å². The maximum absolute atomic E-state index is 14.2. The third-order valence-electron chi connectivity index (χ3n) is 6.55. The molecule has 2 amide bonds. The van der Waals surface area contributed by atoms with Crippen LogP contribution in [0.2, 0.25) is 0 Å². The van der Waals surface area contributed by atoms with Crippen molar-refractivity contribution in [3.05, 3.63) is 54.2 Å². The Labute approximate surface area is 205 Å². The number of carbonyl (C=O) groups is 2. The van der Waals surface area contributed by atoms with Gasteiger partial charge in [-0.05, 0) is 48.7 Å². The molecule has 0 radical (unpaired) electrons. The molecule has 186 valence electrons. The van der Waals surface area contributed by atoms with Gasteiger partial charge in [-0.1, -0.05) is 12.1 Å². The maximum Gasteiger partial charge on any atom is 0.250 e. The molecule has 8 nitrogen and oxygen atoms in total. The SMILES string of the molecule is [2H]C([2H])([2H])N(C(=O)C1(c2ccc(OC)cc2)CCC(F)(F)CC1)[C@H](CO)C(=O)Nc1ccc2[nH]ccc2n1. The third-order valence-corrected chi connectivity index (χ3v) is 6.55. The number of likely N-dealkylation sites (N-methyl/N-ethyl adjacent to an activating group) is 1. The van der Waals surface area contributed by atoms with E-state index in [0.717, 1.165) is 0 Å². The Morgan fingerprint density at radius 3 is 2.54 bits per heavy atom. The summed E-state index contributed by atoms with van der Waals surface area (Å²) in [6.07, 6.45) is -0.319. The molecule has 3 aromatic rings. The molecule has 1 saturated carbocycles. The average Bonchev–Trinajstić information content (AvgIpc) is 3.34. The van der Waals surface area contributed by atoms with E-state index < -0.39 is 55.6 Å². The van der Waals surface area contributed by atoms with Gasteiger partial charge in [0.15, 0.2) is 0 Å². The number of hydrogen-bond acceptors (Lipinski definition) is 5. The fourth-order valence-corrected chi connectivity index (χ4v) is 4.45. The molecule has 35 heavy (non-hydrogen) atoms. The molecule has 1 aromatic carbocycles. The number of alkyl halides is 2. The van der Waals surface area contributed by atoms with Gasteiger partial charge in [0.1, 0.15) is 17.6 Å². The monoisotopic (exact) mass is 489 g/mol. The number of nitrogens with zero attached hydrogens (tertiary/aromatic N) is 2. The molecule has 10 heteroatoms. The number of carbonyl (C=O) groups excluding carboxylic acids is 2. The Hall–Kier alpha value is -3.53. The second kappa shape index (κ2) is 9.61. The molecule has 1 fully saturated rings. The van der Waals surface area contributed by atoms with Crippen LogP contribution in [0.25, 0.3) is 11.0 Å². The molecule has 0 unspecified atom stereocenters. The quantitative estimate of drug-likeness (QED) is 0.471. The molecular formula is C25H28F2N4O4. The Kier molecular flexibility index (Phi) is 5.72. The van der Waals surface area contributed by atoms with E-state index in [4.69, 9.17) is 8.85 Å². The number of aliphatic hydroxyl groups excluding tert-OH is 1. The lowest BCUT2D eigenvalue weighted by Gasteiger charge is -2.42. The molecule has 0 spiro atoms. The lowest BCUT2D eigenvalue weighted by Crippen LogP contribution is -2.55. The van der Waals surface area contributed by atoms with Crippen molar-refractivity contribution < 1.29 is 32.3 Å². The summed E-state index contributed by atoms with van der Waals surface area (Å²) in [6.45, 7) is -4.18. The van der Waals surface area contributed by atoms with Crippen LogP contribution in [0.4, 0.5) is 14.6 Å². The number of nitrogens with one attached hydrogen (secondary N) is 2. The predicted molar refractivity (Wildman–Crippen MR) is 126 cm³/mol. The molecule has 3 N–H and O–H groups in total. The summed E-state index contributed by atoms with van der Waals surface area (Å²) in [5.74, 6) is -4.49. The van der Waals surface area contributed by atoms with Crippen molar-refractivity contribution >= 4 is 28.7 Å². The smallest absolute Gasteiger partial charge is 0.250 e. The van der Waals surface area contributed by atoms with Crippen molar-refractivity contribution in [3.8, 4) is 5.75 Å². The molecule has 1 aliphatic carbocycles. The van der Waals surface area contributed by atoms with Gasteiger partial charge in [0.05, 0.1) is 30.2 Å². The van der Waals surface area contributed by atoms with Crippen LogP contribution in [0.15, 0.2) is 48.7 Å². The highest BCUT2D eigenvalue weighted by Crippen LogP contribution is 2.47. The summed E-state index contributed by atoms with van der Waals surface area (Å²) in [7, 11) is 1.45. The van der Waals surface area contributed by atoms with Crippen molar-refractivity contribution in [1.29, 1.82) is 0 Å². The van der Waals surface area contributed by atoms with Gasteiger partial charge in [0, 0.05) is 30.1 Å². The molecule has 1 aliphatic rings. The molecule has 2 heterocycles. The molecule has 2 aromatic heterocycles. The van der Waals surface area contributed by atoms with Crippen molar-refractivity contribution in [2.75, 3.05) is 26.0 Å². The number of methoxy groups -OCH3 is 1. The van der Waals surface area contributed by atoms with Gasteiger partial charge >= 0.3 is 0 Å². The van der Waals surface area contributed by atoms with Crippen LogP contribution in [-0.2, 0) is 15.0 Å². The summed E-state index contributed by atoms with van der Waals surface area (Å²) >= 11 is 0. The van der Waals surface area contributed by atoms with Crippen LogP contribution in [-0.4, -0.2) is 64.4 Å². The topological polar surface area (TPSA) is 108 Å². The van der Waals surface area contributed by atoms with Crippen molar-refractivity contribution in [3.63, 3.8) is 0 Å². The molecule has 0 bridgehead atoms. The summed E-state index contributed by atoms with van der Waals surface area (Å²) in [5, 5.41) is 12.6. The number of hydrogen-bond donors (Lipinski definition) is 3. The number of anilines is 1. The number of H-pyrrole nitrogens is 1. The number of fused-ring (bicyclic) bond motifs is 1. The minimum absolute atomic E-state index is 0.0840. The largest absolute Gasteiger partial charge is 0.497 e. The summed E-state index contributed by atoms with van der Waals surface area (Å²) in [6, 6.07) is 9.13. The van der Waals surface area contributed by atoms with Crippen molar-refractivity contribution in [2.45, 2.75) is 43.1 Å². The van der Waals surface area contributed by atoms with E-state index in [1.54, 1.807) is 30.5 Å². The van der Waals surface area contributed by atoms with Crippen LogP contribution in [0.1, 0.15) is 35.4 Å². The molecule has 0 saturated heterocycles. The zero-order valence-corrected chi connectivity index (χ0v) is 19.1. The summed E-state index contributed by atoms with van der Waals surface area (Å²) in [5.41, 5.74) is -0.0897. The standard InChI is InChI=1S/C25H28F2N4O4/c1-31(20(15-32)22(33)30-21-8-7-18-19(29-21)9-14-28-18)23(34)24(10-12-25(26,27)13-11-24)16-3-5-17(35-2)6-4-16/h3-9,14,20,28,32H,10-13,15H2,1-2H3,(H,29,30,33)/t20-/m1/s1/i1D3. The zero-order valence-electron chi connectivity index (χ0n) is 22.1. The number of aliphatic hydroxyl groups is 1. The Balaban J connectivity index is 1.71. The molecule has 4 rings (SSSR count). The lowest BCUT2D eigenvalue weighted by molar-refractivity contribution is -0.147. The number of benzene rings is 1. The highest BCUT2D eigenvalue weighted by Gasteiger charge is 2.51. The Morgan fingerprint density at radius 1 is 1.20 bits per heavy atom. The molecular weight excluding hydrogens is 458 g/mol. The maximum atomic E-state index is 14.2.